The summed E-state index contributed by atoms with van der Waals surface area (Å²) < 4.78 is 25.3. The van der Waals surface area contributed by atoms with Gasteiger partial charge >= 0.3 is 18.2 Å². The molecule has 1 unspecified atom stereocenters. The molecule has 0 aliphatic carbocycles. The quantitative estimate of drug-likeness (QED) is 0.467. The minimum atomic E-state index is -1.14. The van der Waals surface area contributed by atoms with Crippen molar-refractivity contribution in [2.75, 3.05) is 11.9 Å². The number of carbonyl (C=O) groups excluding carboxylic acids is 2. The molecule has 2 amide bonds. The topological polar surface area (TPSA) is 105 Å². The molecule has 0 aliphatic rings. The number of anilines is 1. The van der Waals surface area contributed by atoms with E-state index < -0.39 is 41.0 Å². The van der Waals surface area contributed by atoms with Crippen LogP contribution in [-0.2, 0) is 27.3 Å². The van der Waals surface area contributed by atoms with Crippen molar-refractivity contribution in [1.82, 2.24) is 5.32 Å². The van der Waals surface area contributed by atoms with Crippen molar-refractivity contribution in [1.29, 1.82) is 0 Å². The lowest BCUT2D eigenvalue weighted by molar-refractivity contribution is -0.147. The highest BCUT2D eigenvalue weighted by molar-refractivity contribution is 5.87. The number of carbonyl (C=O) groups is 3. The molecule has 0 saturated carbocycles. The molecule has 2 rings (SSSR count). The fourth-order valence-electron chi connectivity index (χ4n) is 3.49. The van der Waals surface area contributed by atoms with Gasteiger partial charge in [0.1, 0.15) is 18.0 Å². The number of carboxylic acids is 1. The molecule has 2 aromatic carbocycles. The Morgan fingerprint density at radius 3 is 2.25 bits per heavy atom. The largest absolute Gasteiger partial charge is 0.481 e. The number of rotatable bonds is 9. The van der Waals surface area contributed by atoms with E-state index in [4.69, 9.17) is 9.47 Å². The molecule has 8 nitrogen and oxygen atoms in total. The maximum absolute atomic E-state index is 14.6. The second-order valence-corrected chi connectivity index (χ2v) is 10.3. The van der Waals surface area contributed by atoms with E-state index in [1.807, 2.05) is 30.3 Å². The second kappa shape index (κ2) is 11.9. The number of hydrogen-bond donors (Lipinski definition) is 2. The summed E-state index contributed by atoms with van der Waals surface area (Å²) in [5, 5.41) is 12.3. The lowest BCUT2D eigenvalue weighted by Crippen LogP contribution is -2.43. The molecule has 9 heteroatoms. The monoisotopic (exact) mass is 502 g/mol. The first-order chi connectivity index (χ1) is 16.7. The summed E-state index contributed by atoms with van der Waals surface area (Å²) >= 11 is 0. The molecule has 0 heterocycles. The predicted octanol–water partition coefficient (Wildman–Crippen LogP) is 5.54. The second-order valence-electron chi connectivity index (χ2n) is 10.3. The Labute approximate surface area is 211 Å². The smallest absolute Gasteiger partial charge is 0.414 e. The molecule has 0 aliphatic heterocycles. The van der Waals surface area contributed by atoms with Gasteiger partial charge in [-0.2, -0.15) is 0 Å². The number of benzene rings is 2. The lowest BCUT2D eigenvalue weighted by Gasteiger charge is -2.28. The molecule has 196 valence electrons. The van der Waals surface area contributed by atoms with Gasteiger partial charge < -0.3 is 19.9 Å². The van der Waals surface area contributed by atoms with Gasteiger partial charge in [0.15, 0.2) is 0 Å². The van der Waals surface area contributed by atoms with Crippen LogP contribution in [0.5, 0.6) is 0 Å². The van der Waals surface area contributed by atoms with Gasteiger partial charge in [0, 0.05) is 13.1 Å². The SMILES string of the molecule is CN(C(=O)OCc1ccccc1)c1cc(CC(CC(C)(C)C(=O)O)NC(=O)OC(C)(C)C)ccc1F. The van der Waals surface area contributed by atoms with Crippen LogP contribution in [0.4, 0.5) is 19.7 Å². The minimum Gasteiger partial charge on any atom is -0.481 e. The van der Waals surface area contributed by atoms with E-state index in [-0.39, 0.29) is 25.1 Å². The van der Waals surface area contributed by atoms with E-state index in [9.17, 15) is 23.9 Å². The molecule has 1 atom stereocenters. The molecular formula is C27H35FN2O6. The van der Waals surface area contributed by atoms with E-state index in [2.05, 4.69) is 5.32 Å². The number of aliphatic carboxylic acids is 1. The van der Waals surface area contributed by atoms with Gasteiger partial charge in [0.05, 0.1) is 11.1 Å². The number of alkyl carbamates (subject to hydrolysis) is 1. The van der Waals surface area contributed by atoms with Crippen LogP contribution < -0.4 is 10.2 Å². The Morgan fingerprint density at radius 2 is 1.67 bits per heavy atom. The summed E-state index contributed by atoms with van der Waals surface area (Å²) in [6, 6.07) is 12.7. The summed E-state index contributed by atoms with van der Waals surface area (Å²) in [7, 11) is 1.40. The normalized spacial score (nSPS) is 12.4. The molecule has 2 N–H and O–H groups in total. The number of nitrogens with zero attached hydrogens (tertiary/aromatic N) is 1. The molecule has 36 heavy (non-hydrogen) atoms. The molecule has 0 bridgehead atoms. The van der Waals surface area contributed by atoms with Crippen LogP contribution >= 0.6 is 0 Å². The number of nitrogens with one attached hydrogen (secondary N) is 1. The number of hydrogen-bond acceptors (Lipinski definition) is 5. The third-order valence-corrected chi connectivity index (χ3v) is 5.39. The lowest BCUT2D eigenvalue weighted by atomic mass is 9.84. The van der Waals surface area contributed by atoms with Gasteiger partial charge in [-0.1, -0.05) is 36.4 Å². The Kier molecular flexibility index (Phi) is 9.44. The average Bonchev–Trinajstić information content (AvgIpc) is 2.77. The summed E-state index contributed by atoms with van der Waals surface area (Å²) in [4.78, 5) is 37.7. The van der Waals surface area contributed by atoms with Gasteiger partial charge in [-0.05, 0) is 70.7 Å². The summed E-state index contributed by atoms with van der Waals surface area (Å²) in [6.07, 6.45) is -1.12. The Bertz CT molecular complexity index is 1070. The molecule has 0 spiro atoms. The van der Waals surface area contributed by atoms with Gasteiger partial charge in [0.25, 0.3) is 0 Å². The first kappa shape index (κ1) is 28.6. The number of halogens is 1. The van der Waals surface area contributed by atoms with Crippen molar-refractivity contribution in [3.05, 3.63) is 65.5 Å². The maximum atomic E-state index is 14.6. The molecule has 0 radical (unpaired) electrons. The number of ether oxygens (including phenoxy) is 2. The Morgan fingerprint density at radius 1 is 1.03 bits per heavy atom. The van der Waals surface area contributed by atoms with Crippen molar-refractivity contribution >= 4 is 23.8 Å². The van der Waals surface area contributed by atoms with Crippen molar-refractivity contribution in [3.8, 4) is 0 Å². The van der Waals surface area contributed by atoms with Crippen LogP contribution in [0.1, 0.15) is 52.2 Å². The van der Waals surface area contributed by atoms with Crippen molar-refractivity contribution in [2.45, 2.75) is 65.7 Å². The van der Waals surface area contributed by atoms with Gasteiger partial charge in [0.2, 0.25) is 0 Å². The summed E-state index contributed by atoms with van der Waals surface area (Å²) in [5.74, 6) is -1.64. The van der Waals surface area contributed by atoms with Crippen molar-refractivity contribution in [3.63, 3.8) is 0 Å². The van der Waals surface area contributed by atoms with Crippen LogP contribution in [0.2, 0.25) is 0 Å². The van der Waals surface area contributed by atoms with E-state index in [1.165, 1.54) is 25.2 Å². The first-order valence-electron chi connectivity index (χ1n) is 11.6. The van der Waals surface area contributed by atoms with E-state index >= 15 is 0 Å². The third kappa shape index (κ3) is 8.87. The molecular weight excluding hydrogens is 467 g/mol. The molecule has 0 saturated heterocycles. The average molecular weight is 503 g/mol. The van der Waals surface area contributed by atoms with Crippen LogP contribution in [0.25, 0.3) is 0 Å². The van der Waals surface area contributed by atoms with Gasteiger partial charge in [-0.3, -0.25) is 9.69 Å². The number of amides is 2. The van der Waals surface area contributed by atoms with Crippen molar-refractivity contribution in [2.24, 2.45) is 5.41 Å². The van der Waals surface area contributed by atoms with Crippen LogP contribution in [0, 0.1) is 11.2 Å². The molecule has 2 aromatic rings. The van der Waals surface area contributed by atoms with Gasteiger partial charge in [-0.15, -0.1) is 0 Å². The zero-order chi connectivity index (χ0) is 27.1. The van der Waals surface area contributed by atoms with Gasteiger partial charge in [-0.25, -0.2) is 14.0 Å². The van der Waals surface area contributed by atoms with Crippen LogP contribution in [-0.4, -0.2) is 42.0 Å². The maximum Gasteiger partial charge on any atom is 0.414 e. The number of carboxylic acid groups (broad SMARTS) is 1. The zero-order valence-corrected chi connectivity index (χ0v) is 21.6. The third-order valence-electron chi connectivity index (χ3n) is 5.39. The zero-order valence-electron chi connectivity index (χ0n) is 21.6. The highest BCUT2D eigenvalue weighted by Crippen LogP contribution is 2.27. The Balaban J connectivity index is 2.20. The van der Waals surface area contributed by atoms with E-state index in [1.54, 1.807) is 34.6 Å². The minimum absolute atomic E-state index is 0.000857. The van der Waals surface area contributed by atoms with E-state index in [0.717, 1.165) is 10.5 Å². The summed E-state index contributed by atoms with van der Waals surface area (Å²) in [6.45, 7) is 8.33. The highest BCUT2D eigenvalue weighted by atomic mass is 19.1. The van der Waals surface area contributed by atoms with E-state index in [0.29, 0.717) is 5.56 Å². The Hall–Kier alpha value is -3.62. The summed E-state index contributed by atoms with van der Waals surface area (Å²) in [5.41, 5.74) is -0.482. The van der Waals surface area contributed by atoms with Crippen LogP contribution in [0.3, 0.4) is 0 Å². The molecule has 0 aromatic heterocycles. The van der Waals surface area contributed by atoms with Crippen LogP contribution in [0.15, 0.2) is 48.5 Å². The predicted molar refractivity (Wildman–Crippen MR) is 134 cm³/mol. The highest BCUT2D eigenvalue weighted by Gasteiger charge is 2.32. The fraction of sp³-hybridized carbons (Fsp3) is 0.444. The molecule has 0 fully saturated rings. The first-order valence-corrected chi connectivity index (χ1v) is 11.6. The fourth-order valence-corrected chi connectivity index (χ4v) is 3.49. The standard InChI is InChI=1S/C27H35FN2O6/c1-26(2,3)36-24(33)29-20(16-27(4,5)23(31)32)14-19-12-13-21(28)22(15-19)30(6)25(34)35-17-18-10-8-7-9-11-18/h7-13,15,20H,14,16-17H2,1-6H3,(H,29,33)(H,31,32). The van der Waals surface area contributed by atoms with Crippen molar-refractivity contribution < 1.29 is 33.4 Å².